The lowest BCUT2D eigenvalue weighted by molar-refractivity contribution is -0.131. The fourth-order valence-electron chi connectivity index (χ4n) is 1.40. The second-order valence-corrected chi connectivity index (χ2v) is 3.69. The molecule has 1 aromatic carbocycles. The predicted octanol–water partition coefficient (Wildman–Crippen LogP) is 2.15. The Morgan fingerprint density at radius 2 is 1.89 bits per heavy atom. The maximum Gasteiger partial charge on any atom is 0.328 e. The number of nitrogens with zero attached hydrogens (tertiary/aromatic N) is 2. The van der Waals surface area contributed by atoms with Gasteiger partial charge in [-0.25, -0.2) is 14.8 Å². The summed E-state index contributed by atoms with van der Waals surface area (Å²) in [4.78, 5) is 18.5. The largest absolute Gasteiger partial charge is 0.486 e. The normalized spacial score (nSPS) is 10.5. The van der Waals surface area contributed by atoms with Gasteiger partial charge >= 0.3 is 5.97 Å². The topological polar surface area (TPSA) is 72.3 Å². The molecule has 1 aromatic heterocycles. The minimum Gasteiger partial charge on any atom is -0.486 e. The van der Waals surface area contributed by atoms with E-state index < -0.39 is 5.97 Å². The van der Waals surface area contributed by atoms with Gasteiger partial charge in [-0.05, 0) is 29.8 Å². The van der Waals surface area contributed by atoms with Crippen LogP contribution in [0.15, 0.2) is 48.8 Å². The molecule has 5 heteroatoms. The van der Waals surface area contributed by atoms with Crippen molar-refractivity contribution >= 4 is 12.0 Å². The highest BCUT2D eigenvalue weighted by molar-refractivity contribution is 5.85. The van der Waals surface area contributed by atoms with E-state index in [1.54, 1.807) is 42.7 Å². The first-order chi connectivity index (χ1) is 9.24. The Hall–Kier alpha value is -2.69. The number of aromatic nitrogens is 2. The standard InChI is InChI=1S/C14H12N2O3/c17-14(18)7-4-11-2-5-12(6-3-11)19-10-13-15-8-1-9-16-13/h1-9H,10H2,(H,17,18). The van der Waals surface area contributed by atoms with Crippen LogP contribution in [0.1, 0.15) is 11.4 Å². The van der Waals surface area contributed by atoms with Crippen molar-refractivity contribution in [2.45, 2.75) is 6.61 Å². The summed E-state index contributed by atoms with van der Waals surface area (Å²) < 4.78 is 5.51. The maximum absolute atomic E-state index is 10.4. The Kier molecular flexibility index (Phi) is 4.23. The molecule has 0 saturated heterocycles. The minimum atomic E-state index is -0.971. The van der Waals surface area contributed by atoms with Crippen LogP contribution in [0.5, 0.6) is 5.75 Å². The Morgan fingerprint density at radius 3 is 2.53 bits per heavy atom. The average Bonchev–Trinajstić information content (AvgIpc) is 2.45. The summed E-state index contributed by atoms with van der Waals surface area (Å²) in [5, 5.41) is 8.51. The third-order valence-corrected chi connectivity index (χ3v) is 2.29. The summed E-state index contributed by atoms with van der Waals surface area (Å²) in [6.45, 7) is 0.297. The van der Waals surface area contributed by atoms with Gasteiger partial charge in [0.05, 0.1) is 0 Å². The molecule has 1 heterocycles. The number of benzene rings is 1. The number of rotatable bonds is 5. The van der Waals surface area contributed by atoms with Gasteiger partial charge in [0, 0.05) is 18.5 Å². The SMILES string of the molecule is O=C(O)C=Cc1ccc(OCc2ncccn2)cc1. The van der Waals surface area contributed by atoms with E-state index >= 15 is 0 Å². The Balaban J connectivity index is 1.94. The molecule has 1 N–H and O–H groups in total. The zero-order valence-corrected chi connectivity index (χ0v) is 10.1. The molecule has 0 spiro atoms. The third kappa shape index (κ3) is 4.23. The van der Waals surface area contributed by atoms with Crippen LogP contribution >= 0.6 is 0 Å². The molecule has 0 amide bonds. The summed E-state index contributed by atoms with van der Waals surface area (Å²) in [6, 6.07) is 8.84. The van der Waals surface area contributed by atoms with Crippen LogP contribution in [0.25, 0.3) is 6.08 Å². The lowest BCUT2D eigenvalue weighted by Gasteiger charge is -2.04. The van der Waals surface area contributed by atoms with Gasteiger partial charge in [0.1, 0.15) is 12.4 Å². The second-order valence-electron chi connectivity index (χ2n) is 3.69. The molecular formula is C14H12N2O3. The maximum atomic E-state index is 10.4. The van der Waals surface area contributed by atoms with Crippen molar-refractivity contribution in [3.8, 4) is 5.75 Å². The van der Waals surface area contributed by atoms with Gasteiger partial charge in [-0.15, -0.1) is 0 Å². The van der Waals surface area contributed by atoms with Crippen LogP contribution in [0, 0.1) is 0 Å². The molecule has 0 atom stereocenters. The van der Waals surface area contributed by atoms with Crippen LogP contribution in [-0.2, 0) is 11.4 Å². The van der Waals surface area contributed by atoms with Gasteiger partial charge in [-0.3, -0.25) is 0 Å². The van der Waals surface area contributed by atoms with Gasteiger partial charge in [-0.2, -0.15) is 0 Å². The fraction of sp³-hybridized carbons (Fsp3) is 0.0714. The molecule has 0 aliphatic carbocycles. The molecule has 2 rings (SSSR count). The summed E-state index contributed by atoms with van der Waals surface area (Å²) in [5.74, 6) is 0.318. The van der Waals surface area contributed by atoms with Crippen molar-refractivity contribution in [2.75, 3.05) is 0 Å². The molecule has 19 heavy (non-hydrogen) atoms. The van der Waals surface area contributed by atoms with Crippen LogP contribution in [0.4, 0.5) is 0 Å². The molecule has 2 aromatic rings. The van der Waals surface area contributed by atoms with Crippen LogP contribution in [-0.4, -0.2) is 21.0 Å². The number of carboxylic acid groups (broad SMARTS) is 1. The number of aliphatic carboxylic acids is 1. The van der Waals surface area contributed by atoms with Crippen molar-refractivity contribution in [1.82, 2.24) is 9.97 Å². The first kappa shape index (κ1) is 12.8. The van der Waals surface area contributed by atoms with Crippen LogP contribution in [0.3, 0.4) is 0 Å². The molecule has 0 fully saturated rings. The number of ether oxygens (including phenoxy) is 1. The van der Waals surface area contributed by atoms with Gasteiger partial charge in [-0.1, -0.05) is 12.1 Å². The average molecular weight is 256 g/mol. The molecule has 0 saturated carbocycles. The molecule has 0 radical (unpaired) electrons. The third-order valence-electron chi connectivity index (χ3n) is 2.29. The quantitative estimate of drug-likeness (QED) is 0.830. The van der Waals surface area contributed by atoms with E-state index in [-0.39, 0.29) is 0 Å². The highest BCUT2D eigenvalue weighted by Crippen LogP contribution is 2.14. The van der Waals surface area contributed by atoms with Crippen molar-refractivity contribution in [2.24, 2.45) is 0 Å². The summed E-state index contributed by atoms with van der Waals surface area (Å²) >= 11 is 0. The summed E-state index contributed by atoms with van der Waals surface area (Å²) in [7, 11) is 0. The van der Waals surface area contributed by atoms with Crippen LogP contribution in [0.2, 0.25) is 0 Å². The number of hydrogen-bond acceptors (Lipinski definition) is 4. The molecule has 0 aliphatic heterocycles. The summed E-state index contributed by atoms with van der Waals surface area (Å²) in [5.41, 5.74) is 0.797. The lowest BCUT2D eigenvalue weighted by atomic mass is 10.2. The molecular weight excluding hydrogens is 244 g/mol. The van der Waals surface area contributed by atoms with E-state index in [1.165, 1.54) is 6.08 Å². The molecule has 5 nitrogen and oxygen atoms in total. The highest BCUT2D eigenvalue weighted by atomic mass is 16.5. The van der Waals surface area contributed by atoms with Crippen molar-refractivity contribution < 1.29 is 14.6 Å². The van der Waals surface area contributed by atoms with E-state index in [0.717, 1.165) is 11.6 Å². The Labute approximate surface area is 110 Å². The number of hydrogen-bond donors (Lipinski definition) is 1. The Bertz CT molecular complexity index is 565. The Morgan fingerprint density at radius 1 is 1.21 bits per heavy atom. The van der Waals surface area contributed by atoms with Crippen molar-refractivity contribution in [3.05, 3.63) is 60.2 Å². The van der Waals surface area contributed by atoms with E-state index in [9.17, 15) is 4.79 Å². The number of carboxylic acids is 1. The first-order valence-corrected chi connectivity index (χ1v) is 5.64. The fourth-order valence-corrected chi connectivity index (χ4v) is 1.40. The van der Waals surface area contributed by atoms with Crippen LogP contribution < -0.4 is 4.74 Å². The van der Waals surface area contributed by atoms with Crippen molar-refractivity contribution in [3.63, 3.8) is 0 Å². The monoisotopic (exact) mass is 256 g/mol. The minimum absolute atomic E-state index is 0.297. The van der Waals surface area contributed by atoms with Gasteiger partial charge < -0.3 is 9.84 Å². The van der Waals surface area contributed by atoms with Gasteiger partial charge in [0.25, 0.3) is 0 Å². The smallest absolute Gasteiger partial charge is 0.328 e. The first-order valence-electron chi connectivity index (χ1n) is 5.64. The van der Waals surface area contributed by atoms with E-state index in [0.29, 0.717) is 18.2 Å². The van der Waals surface area contributed by atoms with E-state index in [1.807, 2.05) is 0 Å². The lowest BCUT2D eigenvalue weighted by Crippen LogP contribution is -2.00. The zero-order valence-electron chi connectivity index (χ0n) is 10.1. The second kappa shape index (κ2) is 6.30. The zero-order chi connectivity index (χ0) is 13.5. The van der Waals surface area contributed by atoms with E-state index in [4.69, 9.17) is 9.84 Å². The highest BCUT2D eigenvalue weighted by Gasteiger charge is 1.97. The molecule has 0 aliphatic rings. The summed E-state index contributed by atoms with van der Waals surface area (Å²) in [6.07, 6.45) is 5.93. The van der Waals surface area contributed by atoms with Gasteiger partial charge in [0.2, 0.25) is 0 Å². The van der Waals surface area contributed by atoms with Crippen molar-refractivity contribution in [1.29, 1.82) is 0 Å². The van der Waals surface area contributed by atoms with E-state index in [2.05, 4.69) is 9.97 Å². The molecule has 0 unspecified atom stereocenters. The number of carbonyl (C=O) groups is 1. The van der Waals surface area contributed by atoms with Gasteiger partial charge in [0.15, 0.2) is 5.82 Å². The molecule has 96 valence electrons. The predicted molar refractivity (Wildman–Crippen MR) is 69.5 cm³/mol. The molecule has 0 bridgehead atoms.